The molecule has 1 N–H and O–H groups in total. The van der Waals surface area contributed by atoms with Crippen molar-refractivity contribution in [3.8, 4) is 0 Å². The third kappa shape index (κ3) is 3.56. The van der Waals surface area contributed by atoms with E-state index in [-0.39, 0.29) is 33.0 Å². The van der Waals surface area contributed by atoms with Gasteiger partial charge in [-0.05, 0) is 12.1 Å². The monoisotopic (exact) mass is 341 g/mol. The summed E-state index contributed by atoms with van der Waals surface area (Å²) in [5.74, 6) is -0.982. The van der Waals surface area contributed by atoms with Gasteiger partial charge in [-0.2, -0.15) is 0 Å². The molecule has 0 unspecified atom stereocenters. The third-order valence-corrected chi connectivity index (χ3v) is 3.80. The molecule has 0 spiro atoms. The van der Waals surface area contributed by atoms with Crippen LogP contribution in [0, 0.1) is 0 Å². The van der Waals surface area contributed by atoms with Crippen molar-refractivity contribution in [3.63, 3.8) is 0 Å². The van der Waals surface area contributed by atoms with Gasteiger partial charge in [-0.1, -0.05) is 53.5 Å². The molecule has 0 aliphatic rings. The Hall–Kier alpha value is -1.55. The van der Waals surface area contributed by atoms with E-state index in [0.29, 0.717) is 5.56 Å². The molecule has 108 valence electrons. The lowest BCUT2D eigenvalue weighted by Gasteiger charge is -2.12. The van der Waals surface area contributed by atoms with E-state index in [2.05, 4.69) is 5.32 Å². The van der Waals surface area contributed by atoms with Gasteiger partial charge in [0.2, 0.25) is 5.91 Å². The van der Waals surface area contributed by atoms with Crippen LogP contribution in [0.2, 0.25) is 10.0 Å². The zero-order valence-corrected chi connectivity index (χ0v) is 13.0. The second-order valence-electron chi connectivity index (χ2n) is 4.16. The summed E-state index contributed by atoms with van der Waals surface area (Å²) in [7, 11) is 0. The van der Waals surface area contributed by atoms with Crippen LogP contribution >= 0.6 is 34.8 Å². The lowest BCUT2D eigenvalue weighted by Crippen LogP contribution is -2.16. The minimum atomic E-state index is -0.433. The molecule has 0 saturated carbocycles. The van der Waals surface area contributed by atoms with E-state index >= 15 is 0 Å². The summed E-state index contributed by atoms with van der Waals surface area (Å²) < 4.78 is 0. The number of nitrogens with one attached hydrogen (secondary N) is 1. The molecule has 0 aliphatic heterocycles. The summed E-state index contributed by atoms with van der Waals surface area (Å²) in [5, 5.41) is 2.88. The van der Waals surface area contributed by atoms with Gasteiger partial charge in [0.05, 0.1) is 21.3 Å². The second kappa shape index (κ2) is 6.94. The summed E-state index contributed by atoms with van der Waals surface area (Å²) in [5.41, 5.74) is 0.876. The highest BCUT2D eigenvalue weighted by molar-refractivity contribution is 6.45. The van der Waals surface area contributed by atoms with E-state index in [1.807, 2.05) is 0 Å². The normalized spacial score (nSPS) is 10.2. The molecule has 0 saturated heterocycles. The van der Waals surface area contributed by atoms with Crippen molar-refractivity contribution in [3.05, 3.63) is 63.6 Å². The molecular formula is C15H10Cl3NO2. The number of anilines is 1. The predicted octanol–water partition coefficient (Wildman–Crippen LogP) is 4.40. The van der Waals surface area contributed by atoms with Crippen LogP contribution in [0.4, 0.5) is 5.69 Å². The molecular weight excluding hydrogens is 333 g/mol. The van der Waals surface area contributed by atoms with E-state index in [1.54, 1.807) is 30.3 Å². The van der Waals surface area contributed by atoms with Crippen LogP contribution in [0.25, 0.3) is 0 Å². The van der Waals surface area contributed by atoms with Crippen molar-refractivity contribution >= 4 is 52.2 Å². The largest absolute Gasteiger partial charge is 0.324 e. The van der Waals surface area contributed by atoms with Gasteiger partial charge in [-0.15, -0.1) is 11.6 Å². The molecule has 6 heteroatoms. The van der Waals surface area contributed by atoms with Gasteiger partial charge in [0.15, 0.2) is 5.78 Å². The van der Waals surface area contributed by atoms with Crippen molar-refractivity contribution < 1.29 is 9.59 Å². The number of ketones is 1. The van der Waals surface area contributed by atoms with E-state index in [0.717, 1.165) is 0 Å². The SMILES string of the molecule is O=C(CCl)Nc1ccc(Cl)c(Cl)c1C(=O)c1ccccc1. The molecule has 0 aromatic heterocycles. The van der Waals surface area contributed by atoms with E-state index in [4.69, 9.17) is 34.8 Å². The molecule has 1 amide bonds. The minimum absolute atomic E-state index is 0.0953. The Bertz CT molecular complexity index is 687. The van der Waals surface area contributed by atoms with Crippen LogP contribution in [-0.2, 0) is 4.79 Å². The Balaban J connectivity index is 2.52. The summed E-state index contributed by atoms with van der Waals surface area (Å²) in [6, 6.07) is 11.6. The average Bonchev–Trinajstić information content (AvgIpc) is 2.51. The first-order valence-electron chi connectivity index (χ1n) is 5.98. The number of carbonyl (C=O) groups excluding carboxylic acids is 2. The van der Waals surface area contributed by atoms with E-state index in [9.17, 15) is 9.59 Å². The number of amides is 1. The smallest absolute Gasteiger partial charge is 0.239 e. The molecule has 0 aliphatic carbocycles. The first kappa shape index (κ1) is 15.8. The maximum atomic E-state index is 12.6. The van der Waals surface area contributed by atoms with Crippen molar-refractivity contribution in [2.75, 3.05) is 11.2 Å². The molecule has 2 aromatic carbocycles. The Morgan fingerprint density at radius 1 is 1.00 bits per heavy atom. The van der Waals surface area contributed by atoms with Crippen molar-refractivity contribution in [2.24, 2.45) is 0 Å². The molecule has 21 heavy (non-hydrogen) atoms. The molecule has 0 atom stereocenters. The van der Waals surface area contributed by atoms with Gasteiger partial charge in [0.25, 0.3) is 0 Å². The van der Waals surface area contributed by atoms with Crippen molar-refractivity contribution in [2.45, 2.75) is 0 Å². The number of benzene rings is 2. The van der Waals surface area contributed by atoms with Gasteiger partial charge in [0, 0.05) is 5.56 Å². The molecule has 0 bridgehead atoms. The molecule has 2 aromatic rings. The number of halogens is 3. The Morgan fingerprint density at radius 2 is 1.67 bits per heavy atom. The number of rotatable bonds is 4. The highest BCUT2D eigenvalue weighted by Crippen LogP contribution is 2.33. The minimum Gasteiger partial charge on any atom is -0.324 e. The Morgan fingerprint density at radius 3 is 2.29 bits per heavy atom. The Labute approximate surface area is 136 Å². The number of hydrogen-bond acceptors (Lipinski definition) is 2. The maximum absolute atomic E-state index is 12.6. The summed E-state index contributed by atoms with van der Waals surface area (Å²) in [6.45, 7) is 0. The van der Waals surface area contributed by atoms with Crippen LogP contribution < -0.4 is 5.32 Å². The van der Waals surface area contributed by atoms with Crippen LogP contribution in [0.15, 0.2) is 42.5 Å². The van der Waals surface area contributed by atoms with Gasteiger partial charge in [-0.25, -0.2) is 0 Å². The van der Waals surface area contributed by atoms with Gasteiger partial charge in [-0.3, -0.25) is 9.59 Å². The number of carbonyl (C=O) groups is 2. The fraction of sp³-hybridized carbons (Fsp3) is 0.0667. The molecule has 2 rings (SSSR count). The van der Waals surface area contributed by atoms with Gasteiger partial charge >= 0.3 is 0 Å². The second-order valence-corrected chi connectivity index (χ2v) is 5.21. The third-order valence-electron chi connectivity index (χ3n) is 2.75. The fourth-order valence-electron chi connectivity index (χ4n) is 1.79. The quantitative estimate of drug-likeness (QED) is 0.661. The van der Waals surface area contributed by atoms with E-state index in [1.165, 1.54) is 12.1 Å². The highest BCUT2D eigenvalue weighted by atomic mass is 35.5. The van der Waals surface area contributed by atoms with Crippen molar-refractivity contribution in [1.82, 2.24) is 0 Å². The van der Waals surface area contributed by atoms with Gasteiger partial charge in [0.1, 0.15) is 5.88 Å². The predicted molar refractivity (Wildman–Crippen MR) is 85.7 cm³/mol. The topological polar surface area (TPSA) is 46.2 Å². The Kier molecular flexibility index (Phi) is 5.23. The van der Waals surface area contributed by atoms with Crippen LogP contribution in [0.1, 0.15) is 15.9 Å². The molecule has 0 heterocycles. The van der Waals surface area contributed by atoms with Gasteiger partial charge < -0.3 is 5.32 Å². The summed E-state index contributed by atoms with van der Waals surface area (Å²) >= 11 is 17.6. The standard InChI is InChI=1S/C15H10Cl3NO2/c16-8-12(20)19-11-7-6-10(17)14(18)13(11)15(21)9-4-2-1-3-5-9/h1-7H,8H2,(H,19,20). The lowest BCUT2D eigenvalue weighted by atomic mass is 10.0. The van der Waals surface area contributed by atoms with Crippen molar-refractivity contribution in [1.29, 1.82) is 0 Å². The molecule has 3 nitrogen and oxygen atoms in total. The first-order valence-corrected chi connectivity index (χ1v) is 7.27. The first-order chi connectivity index (χ1) is 10.0. The zero-order valence-electron chi connectivity index (χ0n) is 10.7. The summed E-state index contributed by atoms with van der Waals surface area (Å²) in [6.07, 6.45) is 0. The molecule has 0 radical (unpaired) electrons. The van der Waals surface area contributed by atoms with E-state index < -0.39 is 5.91 Å². The van der Waals surface area contributed by atoms with Crippen LogP contribution in [0.3, 0.4) is 0 Å². The zero-order chi connectivity index (χ0) is 15.4. The maximum Gasteiger partial charge on any atom is 0.239 e. The molecule has 0 fully saturated rings. The highest BCUT2D eigenvalue weighted by Gasteiger charge is 2.20. The fourth-order valence-corrected chi connectivity index (χ4v) is 2.27. The lowest BCUT2D eigenvalue weighted by molar-refractivity contribution is -0.113. The number of alkyl halides is 1. The van der Waals surface area contributed by atoms with Crippen LogP contribution in [0.5, 0.6) is 0 Å². The van der Waals surface area contributed by atoms with Crippen LogP contribution in [-0.4, -0.2) is 17.6 Å². The number of hydrogen-bond donors (Lipinski definition) is 1. The average molecular weight is 343 g/mol. The summed E-state index contributed by atoms with van der Waals surface area (Å²) in [4.78, 5) is 24.0.